The lowest BCUT2D eigenvalue weighted by atomic mass is 10.2. The molecule has 2 N–H and O–H groups in total. The van der Waals surface area contributed by atoms with Gasteiger partial charge in [-0.15, -0.1) is 0 Å². The van der Waals surface area contributed by atoms with Gasteiger partial charge in [-0.3, -0.25) is 4.79 Å². The number of hydrogen-bond donors (Lipinski definition) is 2. The SMILES string of the molecule is CN1CCN(c2ccc(NC(=O)CSCCNC(=O)OC(C)(C)C)cc2)CC1. The van der Waals surface area contributed by atoms with Crippen molar-refractivity contribution in [3.63, 3.8) is 0 Å². The minimum absolute atomic E-state index is 0.0467. The molecule has 7 nitrogen and oxygen atoms in total. The summed E-state index contributed by atoms with van der Waals surface area (Å²) in [5, 5.41) is 5.59. The van der Waals surface area contributed by atoms with Crippen LogP contribution in [0, 0.1) is 0 Å². The standard InChI is InChI=1S/C20H32N4O3S/c1-20(2,3)27-19(26)21-9-14-28-15-18(25)22-16-5-7-17(8-6-16)24-12-10-23(4)11-13-24/h5-8H,9-15H2,1-4H3,(H,21,26)(H,22,25). The Bertz CT molecular complexity index is 638. The van der Waals surface area contributed by atoms with E-state index in [0.717, 1.165) is 31.9 Å². The molecule has 0 radical (unpaired) electrons. The largest absolute Gasteiger partial charge is 0.444 e. The first kappa shape index (κ1) is 22.4. The summed E-state index contributed by atoms with van der Waals surface area (Å²) in [6.45, 7) is 10.1. The predicted molar refractivity (Wildman–Crippen MR) is 116 cm³/mol. The number of anilines is 2. The zero-order valence-corrected chi connectivity index (χ0v) is 18.1. The summed E-state index contributed by atoms with van der Waals surface area (Å²) in [4.78, 5) is 28.3. The summed E-state index contributed by atoms with van der Waals surface area (Å²) in [6, 6.07) is 8.00. The van der Waals surface area contributed by atoms with Gasteiger partial charge in [0.25, 0.3) is 0 Å². The van der Waals surface area contributed by atoms with Crippen LogP contribution in [0.25, 0.3) is 0 Å². The molecule has 0 aromatic heterocycles. The van der Waals surface area contributed by atoms with Crippen LogP contribution in [0.2, 0.25) is 0 Å². The Balaban J connectivity index is 1.63. The highest BCUT2D eigenvalue weighted by atomic mass is 32.2. The highest BCUT2D eigenvalue weighted by Gasteiger charge is 2.16. The molecule has 1 saturated heterocycles. The monoisotopic (exact) mass is 408 g/mol. The van der Waals surface area contributed by atoms with Crippen molar-refractivity contribution >= 4 is 35.1 Å². The molecule has 2 amide bonds. The molecule has 28 heavy (non-hydrogen) atoms. The first-order valence-corrected chi connectivity index (χ1v) is 10.8. The summed E-state index contributed by atoms with van der Waals surface area (Å²) in [7, 11) is 2.14. The van der Waals surface area contributed by atoms with E-state index in [-0.39, 0.29) is 5.91 Å². The smallest absolute Gasteiger partial charge is 0.407 e. The fourth-order valence-electron chi connectivity index (χ4n) is 2.72. The fourth-order valence-corrected chi connectivity index (χ4v) is 3.37. The van der Waals surface area contributed by atoms with Crippen LogP contribution in [0.5, 0.6) is 0 Å². The number of hydrogen-bond acceptors (Lipinski definition) is 6. The topological polar surface area (TPSA) is 73.9 Å². The van der Waals surface area contributed by atoms with Crippen LogP contribution in [0.3, 0.4) is 0 Å². The van der Waals surface area contributed by atoms with E-state index in [9.17, 15) is 9.59 Å². The molecule has 0 spiro atoms. The lowest BCUT2D eigenvalue weighted by Gasteiger charge is -2.34. The number of alkyl carbamates (subject to hydrolysis) is 1. The molecule has 1 aromatic rings. The molecule has 0 atom stereocenters. The van der Waals surface area contributed by atoms with Gasteiger partial charge in [-0.05, 0) is 52.1 Å². The van der Waals surface area contributed by atoms with Crippen molar-refractivity contribution in [3.8, 4) is 0 Å². The van der Waals surface area contributed by atoms with Crippen LogP contribution in [0.15, 0.2) is 24.3 Å². The molecule has 8 heteroatoms. The molecule has 1 aromatic carbocycles. The lowest BCUT2D eigenvalue weighted by Crippen LogP contribution is -2.44. The number of thioether (sulfide) groups is 1. The first-order chi connectivity index (χ1) is 13.2. The molecule has 0 unspecified atom stereocenters. The van der Waals surface area contributed by atoms with Gasteiger partial charge in [-0.2, -0.15) is 11.8 Å². The molecule has 1 aliphatic heterocycles. The van der Waals surface area contributed by atoms with Gasteiger partial charge in [0.15, 0.2) is 0 Å². The van der Waals surface area contributed by atoms with E-state index < -0.39 is 11.7 Å². The number of ether oxygens (including phenoxy) is 1. The van der Waals surface area contributed by atoms with E-state index in [0.29, 0.717) is 18.1 Å². The van der Waals surface area contributed by atoms with E-state index in [1.54, 1.807) is 0 Å². The van der Waals surface area contributed by atoms with Gasteiger partial charge < -0.3 is 25.2 Å². The Morgan fingerprint density at radius 1 is 1.11 bits per heavy atom. The third-order valence-electron chi connectivity index (χ3n) is 4.17. The molecule has 1 heterocycles. The number of nitrogens with one attached hydrogen (secondary N) is 2. The van der Waals surface area contributed by atoms with E-state index in [1.807, 2.05) is 32.9 Å². The summed E-state index contributed by atoms with van der Waals surface area (Å²) in [5.74, 6) is 0.945. The fraction of sp³-hybridized carbons (Fsp3) is 0.600. The molecular formula is C20H32N4O3S. The van der Waals surface area contributed by atoms with Crippen LogP contribution in [0.1, 0.15) is 20.8 Å². The van der Waals surface area contributed by atoms with E-state index in [2.05, 4.69) is 39.6 Å². The number of rotatable bonds is 7. The zero-order chi connectivity index (χ0) is 20.6. The third kappa shape index (κ3) is 8.39. The molecule has 0 aliphatic carbocycles. The molecular weight excluding hydrogens is 376 g/mol. The van der Waals surface area contributed by atoms with Gasteiger partial charge in [-0.25, -0.2) is 4.79 Å². The van der Waals surface area contributed by atoms with Crippen molar-refractivity contribution in [2.45, 2.75) is 26.4 Å². The maximum absolute atomic E-state index is 12.1. The second-order valence-electron chi connectivity index (χ2n) is 7.87. The number of likely N-dealkylation sites (N-methyl/N-ethyl adjacent to an activating group) is 1. The van der Waals surface area contributed by atoms with Gasteiger partial charge in [0, 0.05) is 49.9 Å². The van der Waals surface area contributed by atoms with Crippen molar-refractivity contribution in [1.29, 1.82) is 0 Å². The van der Waals surface area contributed by atoms with Crippen molar-refractivity contribution in [1.82, 2.24) is 10.2 Å². The predicted octanol–water partition coefficient (Wildman–Crippen LogP) is 2.63. The highest BCUT2D eigenvalue weighted by molar-refractivity contribution is 7.99. The summed E-state index contributed by atoms with van der Waals surface area (Å²) in [6.07, 6.45) is -0.432. The summed E-state index contributed by atoms with van der Waals surface area (Å²) in [5.41, 5.74) is 1.49. The lowest BCUT2D eigenvalue weighted by molar-refractivity contribution is -0.113. The second kappa shape index (κ2) is 10.6. The number of carbonyl (C=O) groups is 2. The molecule has 2 rings (SSSR count). The highest BCUT2D eigenvalue weighted by Crippen LogP contribution is 2.19. The summed E-state index contributed by atoms with van der Waals surface area (Å²) >= 11 is 1.47. The number of carbonyl (C=O) groups excluding carboxylic acids is 2. The quantitative estimate of drug-likeness (QED) is 0.676. The minimum atomic E-state index is -0.503. The average Bonchev–Trinajstić information content (AvgIpc) is 2.61. The van der Waals surface area contributed by atoms with Crippen molar-refractivity contribution in [2.24, 2.45) is 0 Å². The van der Waals surface area contributed by atoms with E-state index in [4.69, 9.17) is 4.74 Å². The van der Waals surface area contributed by atoms with Gasteiger partial charge in [0.2, 0.25) is 5.91 Å². The molecule has 0 bridgehead atoms. The maximum atomic E-state index is 12.1. The molecule has 1 fully saturated rings. The van der Waals surface area contributed by atoms with Gasteiger partial charge in [-0.1, -0.05) is 0 Å². The van der Waals surface area contributed by atoms with Gasteiger partial charge in [0.1, 0.15) is 5.60 Å². The summed E-state index contributed by atoms with van der Waals surface area (Å²) < 4.78 is 5.16. The van der Waals surface area contributed by atoms with E-state index >= 15 is 0 Å². The number of amides is 2. The Morgan fingerprint density at radius 2 is 1.75 bits per heavy atom. The Hall–Kier alpha value is -1.93. The Morgan fingerprint density at radius 3 is 2.36 bits per heavy atom. The van der Waals surface area contributed by atoms with Crippen molar-refractivity contribution < 1.29 is 14.3 Å². The Kier molecular flexibility index (Phi) is 8.44. The average molecular weight is 409 g/mol. The molecule has 0 saturated carbocycles. The molecule has 1 aliphatic rings. The van der Waals surface area contributed by atoms with Crippen molar-refractivity contribution in [3.05, 3.63) is 24.3 Å². The van der Waals surface area contributed by atoms with Crippen LogP contribution in [0.4, 0.5) is 16.2 Å². The van der Waals surface area contributed by atoms with Crippen LogP contribution in [-0.2, 0) is 9.53 Å². The Labute approximate surface area is 172 Å². The minimum Gasteiger partial charge on any atom is -0.444 e. The first-order valence-electron chi connectivity index (χ1n) is 9.61. The van der Waals surface area contributed by atoms with Crippen LogP contribution < -0.4 is 15.5 Å². The van der Waals surface area contributed by atoms with Crippen molar-refractivity contribution in [2.75, 3.05) is 61.5 Å². The zero-order valence-electron chi connectivity index (χ0n) is 17.3. The maximum Gasteiger partial charge on any atom is 0.407 e. The van der Waals surface area contributed by atoms with Gasteiger partial charge >= 0.3 is 6.09 Å². The normalized spacial score (nSPS) is 15.2. The molecule has 156 valence electrons. The third-order valence-corrected chi connectivity index (χ3v) is 5.13. The van der Waals surface area contributed by atoms with Gasteiger partial charge in [0.05, 0.1) is 5.75 Å². The van der Waals surface area contributed by atoms with E-state index in [1.165, 1.54) is 17.4 Å². The second-order valence-corrected chi connectivity index (χ2v) is 8.97. The number of benzene rings is 1. The number of nitrogens with zero attached hydrogens (tertiary/aromatic N) is 2. The number of piperazine rings is 1. The van der Waals surface area contributed by atoms with Crippen LogP contribution >= 0.6 is 11.8 Å². The van der Waals surface area contributed by atoms with Crippen LogP contribution in [-0.4, -0.2) is 73.8 Å².